The summed E-state index contributed by atoms with van der Waals surface area (Å²) in [5.74, 6) is 0. The summed E-state index contributed by atoms with van der Waals surface area (Å²) in [6.45, 7) is 0. The third-order valence-corrected chi connectivity index (χ3v) is 2.65. The van der Waals surface area contributed by atoms with Gasteiger partial charge in [0.2, 0.25) is 0 Å². The first-order valence-electron chi connectivity index (χ1n) is 5.06. The lowest BCUT2D eigenvalue weighted by molar-refractivity contribution is 0.204. The molecule has 2 heterocycles. The van der Waals surface area contributed by atoms with Crippen LogP contribution in [0.25, 0.3) is 22.2 Å². The summed E-state index contributed by atoms with van der Waals surface area (Å²) in [5.41, 5.74) is 2.49. The summed E-state index contributed by atoms with van der Waals surface area (Å²) >= 11 is 0. The van der Waals surface area contributed by atoms with Gasteiger partial charge < -0.3 is 5.21 Å². The van der Waals surface area contributed by atoms with Crippen LogP contribution in [0.5, 0.6) is 0 Å². The van der Waals surface area contributed by atoms with E-state index in [-0.39, 0.29) is 0 Å². The molecule has 0 unspecified atom stereocenters. The molecule has 3 rings (SSSR count). The van der Waals surface area contributed by atoms with E-state index < -0.39 is 0 Å². The van der Waals surface area contributed by atoms with Gasteiger partial charge in [0.1, 0.15) is 5.52 Å². The number of nitrogens with zero attached hydrogens (tertiary/aromatic N) is 2. The van der Waals surface area contributed by atoms with E-state index in [0.29, 0.717) is 0 Å². The minimum atomic E-state index is 0.723. The first kappa shape index (κ1) is 8.97. The lowest BCUT2D eigenvalue weighted by Gasteiger charge is -2.01. The number of pyridine rings is 1. The van der Waals surface area contributed by atoms with Gasteiger partial charge in [-0.1, -0.05) is 30.3 Å². The van der Waals surface area contributed by atoms with Crippen molar-refractivity contribution in [3.8, 4) is 11.3 Å². The number of hydrogen-bond donors (Lipinski definition) is 1. The SMILES string of the molecule is On1c(-c2ccccc2)cc2ccncc21. The maximum absolute atomic E-state index is 10.0. The summed E-state index contributed by atoms with van der Waals surface area (Å²) in [7, 11) is 0. The Morgan fingerprint density at radius 2 is 1.88 bits per heavy atom. The average molecular weight is 210 g/mol. The molecule has 0 spiro atoms. The molecular formula is C13H10N2O. The second-order valence-corrected chi connectivity index (χ2v) is 3.64. The molecule has 0 radical (unpaired) electrons. The highest BCUT2D eigenvalue weighted by Crippen LogP contribution is 2.25. The Labute approximate surface area is 92.6 Å². The van der Waals surface area contributed by atoms with E-state index in [0.717, 1.165) is 22.2 Å². The highest BCUT2D eigenvalue weighted by atomic mass is 16.5. The predicted octanol–water partition coefficient (Wildman–Crippen LogP) is 2.94. The normalized spacial score (nSPS) is 10.8. The molecule has 0 amide bonds. The van der Waals surface area contributed by atoms with Crippen molar-refractivity contribution in [3.63, 3.8) is 0 Å². The van der Waals surface area contributed by atoms with Crippen molar-refractivity contribution < 1.29 is 5.21 Å². The molecule has 0 saturated heterocycles. The van der Waals surface area contributed by atoms with Crippen molar-refractivity contribution in [2.45, 2.75) is 0 Å². The van der Waals surface area contributed by atoms with Gasteiger partial charge in [-0.25, -0.2) is 0 Å². The monoisotopic (exact) mass is 210 g/mol. The fourth-order valence-corrected chi connectivity index (χ4v) is 1.85. The molecule has 0 aliphatic carbocycles. The Bertz CT molecular complexity index is 629. The Morgan fingerprint density at radius 3 is 2.62 bits per heavy atom. The van der Waals surface area contributed by atoms with Crippen LogP contribution in [-0.2, 0) is 0 Å². The Hall–Kier alpha value is -2.29. The molecule has 1 N–H and O–H groups in total. The number of rotatable bonds is 1. The Kier molecular flexibility index (Phi) is 1.90. The van der Waals surface area contributed by atoms with Gasteiger partial charge in [0.05, 0.1) is 11.9 Å². The number of benzene rings is 1. The van der Waals surface area contributed by atoms with Crippen LogP contribution in [0.2, 0.25) is 0 Å². The smallest absolute Gasteiger partial charge is 0.106 e. The second kappa shape index (κ2) is 3.38. The molecule has 1 aromatic carbocycles. The zero-order valence-corrected chi connectivity index (χ0v) is 8.54. The minimum absolute atomic E-state index is 0.723. The van der Waals surface area contributed by atoms with Crippen molar-refractivity contribution in [1.29, 1.82) is 0 Å². The van der Waals surface area contributed by atoms with E-state index in [1.54, 1.807) is 12.4 Å². The number of aromatic nitrogens is 2. The molecule has 3 heteroatoms. The van der Waals surface area contributed by atoms with Crippen LogP contribution in [0.3, 0.4) is 0 Å². The molecule has 0 saturated carbocycles. The van der Waals surface area contributed by atoms with E-state index in [1.807, 2.05) is 42.5 Å². The maximum atomic E-state index is 10.0. The third-order valence-electron chi connectivity index (χ3n) is 2.65. The molecule has 0 aliphatic heterocycles. The first-order valence-corrected chi connectivity index (χ1v) is 5.06. The Morgan fingerprint density at radius 1 is 1.06 bits per heavy atom. The lowest BCUT2D eigenvalue weighted by Crippen LogP contribution is -1.92. The fourth-order valence-electron chi connectivity index (χ4n) is 1.85. The van der Waals surface area contributed by atoms with Crippen LogP contribution in [-0.4, -0.2) is 14.9 Å². The average Bonchev–Trinajstić information content (AvgIpc) is 2.69. The maximum Gasteiger partial charge on any atom is 0.106 e. The minimum Gasteiger partial charge on any atom is -0.428 e. The molecule has 2 aromatic heterocycles. The molecule has 16 heavy (non-hydrogen) atoms. The standard InChI is InChI=1S/C13H10N2O/c16-15-12(10-4-2-1-3-5-10)8-11-6-7-14-9-13(11)15/h1-9,16H. The van der Waals surface area contributed by atoms with E-state index in [9.17, 15) is 5.21 Å². The molecular weight excluding hydrogens is 200 g/mol. The summed E-state index contributed by atoms with van der Waals surface area (Å²) in [6.07, 6.45) is 3.37. The van der Waals surface area contributed by atoms with Crippen LogP contribution < -0.4 is 0 Å². The molecule has 3 aromatic rings. The van der Waals surface area contributed by atoms with E-state index in [2.05, 4.69) is 4.98 Å². The van der Waals surface area contributed by atoms with Crippen LogP contribution in [0.15, 0.2) is 54.9 Å². The zero-order chi connectivity index (χ0) is 11.0. The van der Waals surface area contributed by atoms with Gasteiger partial charge >= 0.3 is 0 Å². The molecule has 0 aliphatic rings. The fraction of sp³-hybridized carbons (Fsp3) is 0. The molecule has 0 bridgehead atoms. The van der Waals surface area contributed by atoms with Gasteiger partial charge in [0.15, 0.2) is 0 Å². The van der Waals surface area contributed by atoms with E-state index in [1.165, 1.54) is 4.73 Å². The molecule has 0 fully saturated rings. The van der Waals surface area contributed by atoms with Gasteiger partial charge in [-0.15, -0.1) is 0 Å². The van der Waals surface area contributed by atoms with Crippen LogP contribution in [0.1, 0.15) is 0 Å². The van der Waals surface area contributed by atoms with Gasteiger partial charge in [0, 0.05) is 17.1 Å². The first-order chi connectivity index (χ1) is 7.86. The zero-order valence-electron chi connectivity index (χ0n) is 8.54. The second-order valence-electron chi connectivity index (χ2n) is 3.64. The quantitative estimate of drug-likeness (QED) is 0.627. The third kappa shape index (κ3) is 1.26. The van der Waals surface area contributed by atoms with Crippen LogP contribution in [0.4, 0.5) is 0 Å². The Balaban J connectivity index is 2.29. The summed E-state index contributed by atoms with van der Waals surface area (Å²) in [4.78, 5) is 4.00. The van der Waals surface area contributed by atoms with E-state index in [4.69, 9.17) is 0 Å². The molecule has 78 valence electrons. The highest BCUT2D eigenvalue weighted by Gasteiger charge is 2.08. The van der Waals surface area contributed by atoms with Gasteiger partial charge in [0.25, 0.3) is 0 Å². The van der Waals surface area contributed by atoms with Gasteiger partial charge in [-0.05, 0) is 12.1 Å². The topological polar surface area (TPSA) is 38.0 Å². The van der Waals surface area contributed by atoms with Crippen molar-refractivity contribution in [1.82, 2.24) is 9.71 Å². The number of hydrogen-bond acceptors (Lipinski definition) is 2. The van der Waals surface area contributed by atoms with Crippen molar-refractivity contribution >= 4 is 10.9 Å². The highest BCUT2D eigenvalue weighted by molar-refractivity contribution is 5.85. The molecule has 0 atom stereocenters. The van der Waals surface area contributed by atoms with E-state index >= 15 is 0 Å². The predicted molar refractivity (Wildman–Crippen MR) is 62.4 cm³/mol. The summed E-state index contributed by atoms with van der Waals surface area (Å²) < 4.78 is 1.18. The molecule has 3 nitrogen and oxygen atoms in total. The summed E-state index contributed by atoms with van der Waals surface area (Å²) in [6, 6.07) is 13.6. The number of fused-ring (bicyclic) bond motifs is 1. The summed E-state index contributed by atoms with van der Waals surface area (Å²) in [5, 5.41) is 11.0. The van der Waals surface area contributed by atoms with Crippen molar-refractivity contribution in [2.75, 3.05) is 0 Å². The van der Waals surface area contributed by atoms with Crippen molar-refractivity contribution in [2.24, 2.45) is 0 Å². The van der Waals surface area contributed by atoms with Crippen LogP contribution in [0, 0.1) is 0 Å². The lowest BCUT2D eigenvalue weighted by atomic mass is 10.1. The van der Waals surface area contributed by atoms with Crippen molar-refractivity contribution in [3.05, 3.63) is 54.9 Å². The van der Waals surface area contributed by atoms with Gasteiger partial charge in [-0.2, -0.15) is 4.73 Å². The van der Waals surface area contributed by atoms with Crippen LogP contribution >= 0.6 is 0 Å². The van der Waals surface area contributed by atoms with Gasteiger partial charge in [-0.3, -0.25) is 4.98 Å². The largest absolute Gasteiger partial charge is 0.428 e.